The van der Waals surface area contributed by atoms with Crippen LogP contribution in [0.15, 0.2) is 70.6 Å². The van der Waals surface area contributed by atoms with E-state index < -0.39 is 27.6 Å². The Hall–Kier alpha value is -3.46. The first-order chi connectivity index (χ1) is 15.3. The SMILES string of the molecule is COc1ccccc1CN=C1Nc2c(ccc(F)c2[C@H](C)c2ccccc2F)S(=O)(=O)N1. The first kappa shape index (κ1) is 21.8. The molecule has 32 heavy (non-hydrogen) atoms. The molecule has 0 amide bonds. The lowest BCUT2D eigenvalue weighted by Crippen LogP contribution is -2.41. The Morgan fingerprint density at radius 3 is 2.47 bits per heavy atom. The van der Waals surface area contributed by atoms with E-state index in [4.69, 9.17) is 4.74 Å². The molecule has 0 aliphatic carbocycles. The number of fused-ring (bicyclic) bond motifs is 1. The zero-order chi connectivity index (χ0) is 22.9. The lowest BCUT2D eigenvalue weighted by molar-refractivity contribution is 0.410. The number of anilines is 1. The van der Waals surface area contributed by atoms with Crippen LogP contribution in [0.25, 0.3) is 0 Å². The summed E-state index contributed by atoms with van der Waals surface area (Å²) in [5.74, 6) is -1.35. The summed E-state index contributed by atoms with van der Waals surface area (Å²) in [4.78, 5) is 4.18. The fraction of sp³-hybridized carbons (Fsp3) is 0.174. The van der Waals surface area contributed by atoms with E-state index in [1.807, 2.05) is 12.1 Å². The Balaban J connectivity index is 1.77. The third-order valence-electron chi connectivity index (χ3n) is 5.32. The van der Waals surface area contributed by atoms with Gasteiger partial charge in [0.2, 0.25) is 5.96 Å². The van der Waals surface area contributed by atoms with Crippen LogP contribution in [-0.4, -0.2) is 21.5 Å². The fourth-order valence-electron chi connectivity index (χ4n) is 3.73. The highest BCUT2D eigenvalue weighted by molar-refractivity contribution is 7.90. The van der Waals surface area contributed by atoms with E-state index in [0.717, 1.165) is 11.6 Å². The monoisotopic (exact) mass is 457 g/mol. The maximum atomic E-state index is 14.9. The van der Waals surface area contributed by atoms with Gasteiger partial charge in [-0.3, -0.25) is 0 Å². The molecule has 0 spiro atoms. The number of hydrogen-bond donors (Lipinski definition) is 2. The number of rotatable bonds is 5. The number of sulfonamides is 1. The average molecular weight is 458 g/mol. The molecular weight excluding hydrogens is 436 g/mol. The van der Waals surface area contributed by atoms with Crippen molar-refractivity contribution in [3.8, 4) is 5.75 Å². The van der Waals surface area contributed by atoms with Gasteiger partial charge in [-0.2, -0.15) is 0 Å². The second-order valence-corrected chi connectivity index (χ2v) is 8.94. The number of methoxy groups -OCH3 is 1. The molecule has 0 fully saturated rings. The summed E-state index contributed by atoms with van der Waals surface area (Å²) >= 11 is 0. The van der Waals surface area contributed by atoms with Gasteiger partial charge in [0.05, 0.1) is 19.3 Å². The van der Waals surface area contributed by atoms with Gasteiger partial charge in [0.15, 0.2) is 0 Å². The van der Waals surface area contributed by atoms with Crippen LogP contribution in [0.3, 0.4) is 0 Å². The van der Waals surface area contributed by atoms with E-state index in [0.29, 0.717) is 5.75 Å². The minimum atomic E-state index is -4.01. The molecule has 6 nitrogen and oxygen atoms in total. The van der Waals surface area contributed by atoms with Crippen molar-refractivity contribution in [2.75, 3.05) is 12.4 Å². The van der Waals surface area contributed by atoms with Gasteiger partial charge in [0.1, 0.15) is 22.3 Å². The molecule has 0 saturated heterocycles. The van der Waals surface area contributed by atoms with Gasteiger partial charge in [-0.15, -0.1) is 0 Å². The van der Waals surface area contributed by atoms with Crippen molar-refractivity contribution < 1.29 is 21.9 Å². The fourth-order valence-corrected chi connectivity index (χ4v) is 4.88. The summed E-state index contributed by atoms with van der Waals surface area (Å²) in [5, 5.41) is 2.90. The first-order valence-corrected chi connectivity index (χ1v) is 11.3. The molecule has 166 valence electrons. The second-order valence-electron chi connectivity index (χ2n) is 7.28. The van der Waals surface area contributed by atoms with Crippen LogP contribution in [0, 0.1) is 11.6 Å². The van der Waals surface area contributed by atoms with Crippen LogP contribution < -0.4 is 14.8 Å². The van der Waals surface area contributed by atoms with Gasteiger partial charge in [-0.1, -0.05) is 43.3 Å². The van der Waals surface area contributed by atoms with Gasteiger partial charge in [-0.05, 0) is 29.8 Å². The Labute approximate surface area is 185 Å². The van der Waals surface area contributed by atoms with Crippen LogP contribution in [0.4, 0.5) is 14.5 Å². The molecule has 0 unspecified atom stereocenters. The zero-order valence-electron chi connectivity index (χ0n) is 17.4. The highest BCUT2D eigenvalue weighted by atomic mass is 32.2. The van der Waals surface area contributed by atoms with Crippen molar-refractivity contribution in [3.63, 3.8) is 0 Å². The standard InChI is InChI=1S/C23H21F2N3O3S/c1-14(16-8-4-5-9-17(16)24)21-18(25)11-12-20-22(21)27-23(28-32(20,29)30)26-13-15-7-3-6-10-19(15)31-2/h3-12,14H,13H2,1-2H3,(H2,26,27,28)/t14-/m1/s1. The van der Waals surface area contributed by atoms with Crippen molar-refractivity contribution in [1.82, 2.24) is 4.72 Å². The molecule has 0 radical (unpaired) electrons. The minimum Gasteiger partial charge on any atom is -0.496 e. The van der Waals surface area contributed by atoms with Gasteiger partial charge in [-0.25, -0.2) is 26.9 Å². The van der Waals surface area contributed by atoms with Gasteiger partial charge in [0, 0.05) is 17.0 Å². The molecule has 0 saturated carbocycles. The van der Waals surface area contributed by atoms with Crippen LogP contribution in [-0.2, 0) is 16.6 Å². The second kappa shape index (κ2) is 8.58. The van der Waals surface area contributed by atoms with E-state index >= 15 is 0 Å². The average Bonchev–Trinajstić information content (AvgIpc) is 2.77. The molecule has 0 bridgehead atoms. The number of nitrogens with zero attached hydrogens (tertiary/aromatic N) is 1. The van der Waals surface area contributed by atoms with E-state index in [1.165, 1.54) is 25.3 Å². The van der Waals surface area contributed by atoms with Crippen molar-refractivity contribution >= 4 is 21.7 Å². The Kier molecular flexibility index (Phi) is 5.84. The number of hydrogen-bond acceptors (Lipinski definition) is 4. The van der Waals surface area contributed by atoms with Crippen molar-refractivity contribution in [3.05, 3.63) is 89.0 Å². The maximum absolute atomic E-state index is 14.9. The van der Waals surface area contributed by atoms with Crippen LogP contribution in [0.2, 0.25) is 0 Å². The molecule has 4 rings (SSSR count). The summed E-state index contributed by atoms with van der Waals surface area (Å²) < 4.78 is 62.7. The number of nitrogens with one attached hydrogen (secondary N) is 2. The van der Waals surface area contributed by atoms with Gasteiger partial charge >= 0.3 is 0 Å². The van der Waals surface area contributed by atoms with E-state index in [2.05, 4.69) is 15.0 Å². The summed E-state index contributed by atoms with van der Waals surface area (Å²) in [6.45, 7) is 1.75. The normalized spacial score (nSPS) is 16.6. The molecule has 0 aromatic heterocycles. The Morgan fingerprint density at radius 1 is 1.00 bits per heavy atom. The highest BCUT2D eigenvalue weighted by Crippen LogP contribution is 2.38. The number of aliphatic imine (C=N–C) groups is 1. The Bertz CT molecular complexity index is 1310. The molecule has 1 atom stereocenters. The zero-order valence-corrected chi connectivity index (χ0v) is 18.2. The van der Waals surface area contributed by atoms with Crippen LogP contribution in [0.5, 0.6) is 5.75 Å². The summed E-state index contributed by atoms with van der Waals surface area (Å²) in [5.41, 5.74) is 1.08. The van der Waals surface area contributed by atoms with E-state index in [9.17, 15) is 17.2 Å². The number of halogens is 2. The molecule has 1 aliphatic heterocycles. The largest absolute Gasteiger partial charge is 0.496 e. The maximum Gasteiger partial charge on any atom is 0.266 e. The lowest BCUT2D eigenvalue weighted by Gasteiger charge is -2.26. The van der Waals surface area contributed by atoms with Gasteiger partial charge < -0.3 is 10.1 Å². The highest BCUT2D eigenvalue weighted by Gasteiger charge is 2.32. The molecule has 9 heteroatoms. The third-order valence-corrected chi connectivity index (χ3v) is 6.70. The quantitative estimate of drug-likeness (QED) is 0.596. The molecule has 3 aromatic carbocycles. The number of guanidine groups is 1. The first-order valence-electron chi connectivity index (χ1n) is 9.85. The number of para-hydroxylation sites is 1. The molecule has 2 N–H and O–H groups in total. The van der Waals surface area contributed by atoms with Crippen molar-refractivity contribution in [1.29, 1.82) is 0 Å². The topological polar surface area (TPSA) is 79.8 Å². The summed E-state index contributed by atoms with van der Waals surface area (Å²) in [6.07, 6.45) is 0. The molecule has 3 aromatic rings. The predicted molar refractivity (Wildman–Crippen MR) is 118 cm³/mol. The van der Waals surface area contributed by atoms with Gasteiger partial charge in [0.25, 0.3) is 10.0 Å². The minimum absolute atomic E-state index is 0.0401. The lowest BCUT2D eigenvalue weighted by atomic mass is 9.91. The summed E-state index contributed by atoms with van der Waals surface area (Å²) in [7, 11) is -2.48. The predicted octanol–water partition coefficient (Wildman–Crippen LogP) is 4.39. The van der Waals surface area contributed by atoms with E-state index in [-0.39, 0.29) is 34.2 Å². The van der Waals surface area contributed by atoms with Crippen molar-refractivity contribution in [2.45, 2.75) is 24.3 Å². The summed E-state index contributed by atoms with van der Waals surface area (Å²) in [6, 6.07) is 15.5. The molecular formula is C23H21F2N3O3S. The third kappa shape index (κ3) is 4.03. The van der Waals surface area contributed by atoms with E-state index in [1.54, 1.807) is 31.2 Å². The smallest absolute Gasteiger partial charge is 0.266 e. The Morgan fingerprint density at radius 2 is 1.72 bits per heavy atom. The number of benzene rings is 3. The molecule has 1 heterocycles. The van der Waals surface area contributed by atoms with Crippen molar-refractivity contribution in [2.24, 2.45) is 4.99 Å². The van der Waals surface area contributed by atoms with Crippen LogP contribution >= 0.6 is 0 Å². The molecule has 1 aliphatic rings. The van der Waals surface area contributed by atoms with Crippen LogP contribution in [0.1, 0.15) is 29.5 Å². The number of ether oxygens (including phenoxy) is 1.